The largest absolute Gasteiger partial charge is 0.481 e. The molecule has 1 heterocycles. The molecular formula is C16H26N2O3. The van der Waals surface area contributed by atoms with Crippen LogP contribution >= 0.6 is 0 Å². The van der Waals surface area contributed by atoms with Crippen molar-refractivity contribution in [3.05, 3.63) is 0 Å². The molecule has 5 nitrogen and oxygen atoms in total. The number of carboxylic acid groups (broad SMARTS) is 1. The van der Waals surface area contributed by atoms with Crippen LogP contribution in [0, 0.1) is 17.3 Å². The molecule has 0 aromatic carbocycles. The van der Waals surface area contributed by atoms with Crippen molar-refractivity contribution in [1.29, 1.82) is 0 Å². The van der Waals surface area contributed by atoms with Crippen LogP contribution in [-0.2, 0) is 4.79 Å². The van der Waals surface area contributed by atoms with Crippen LogP contribution in [0.15, 0.2) is 0 Å². The lowest BCUT2D eigenvalue weighted by molar-refractivity contribution is -0.148. The number of aliphatic carboxylic acids is 1. The van der Waals surface area contributed by atoms with Crippen LogP contribution in [0.4, 0.5) is 4.79 Å². The molecule has 2 aliphatic carbocycles. The highest BCUT2D eigenvalue weighted by atomic mass is 16.4. The summed E-state index contributed by atoms with van der Waals surface area (Å²) in [5.41, 5.74) is -0.721. The first kappa shape index (κ1) is 14.7. The van der Waals surface area contributed by atoms with Crippen molar-refractivity contribution in [2.24, 2.45) is 17.3 Å². The molecule has 0 radical (unpaired) electrons. The normalized spacial score (nSPS) is 38.0. The Kier molecular flexibility index (Phi) is 3.84. The third-order valence-corrected chi connectivity index (χ3v) is 5.87. The highest BCUT2D eigenvalue weighted by molar-refractivity contribution is 5.80. The monoisotopic (exact) mass is 294 g/mol. The van der Waals surface area contributed by atoms with E-state index >= 15 is 0 Å². The lowest BCUT2D eigenvalue weighted by atomic mass is 9.83. The molecule has 1 saturated heterocycles. The number of likely N-dealkylation sites (tertiary alicyclic amines) is 1. The van der Waals surface area contributed by atoms with Gasteiger partial charge in [0.05, 0.1) is 5.41 Å². The summed E-state index contributed by atoms with van der Waals surface area (Å²) in [5.74, 6) is 0.707. The second-order valence-electron chi connectivity index (χ2n) is 7.24. The van der Waals surface area contributed by atoms with Gasteiger partial charge < -0.3 is 15.3 Å². The summed E-state index contributed by atoms with van der Waals surface area (Å²) in [6.45, 7) is 2.93. The van der Waals surface area contributed by atoms with Crippen LogP contribution in [0.25, 0.3) is 0 Å². The Bertz CT molecular complexity index is 439. The number of fused-ring (bicyclic) bond motifs is 2. The summed E-state index contributed by atoms with van der Waals surface area (Å²) in [6.07, 6.45) is 7.02. The lowest BCUT2D eigenvalue weighted by Gasteiger charge is -2.28. The Hall–Kier alpha value is -1.26. The number of rotatable bonds is 4. The smallest absolute Gasteiger partial charge is 0.317 e. The zero-order valence-corrected chi connectivity index (χ0v) is 12.8. The van der Waals surface area contributed by atoms with Crippen molar-refractivity contribution in [2.75, 3.05) is 13.1 Å². The van der Waals surface area contributed by atoms with Gasteiger partial charge in [0.15, 0.2) is 0 Å². The van der Waals surface area contributed by atoms with E-state index in [1.54, 1.807) is 4.90 Å². The quantitative estimate of drug-likeness (QED) is 0.837. The van der Waals surface area contributed by atoms with E-state index in [-0.39, 0.29) is 6.03 Å². The Morgan fingerprint density at radius 1 is 1.33 bits per heavy atom. The van der Waals surface area contributed by atoms with E-state index in [0.717, 1.165) is 18.8 Å². The maximum absolute atomic E-state index is 12.4. The first-order valence-electron chi connectivity index (χ1n) is 8.33. The molecule has 0 spiro atoms. The van der Waals surface area contributed by atoms with Crippen molar-refractivity contribution in [3.8, 4) is 0 Å². The molecule has 0 aromatic heterocycles. The number of hydrogen-bond acceptors (Lipinski definition) is 2. The van der Waals surface area contributed by atoms with Crippen LogP contribution in [0.1, 0.15) is 51.9 Å². The molecule has 5 heteroatoms. The maximum atomic E-state index is 12.4. The molecular weight excluding hydrogens is 268 g/mol. The Labute approximate surface area is 126 Å². The zero-order valence-electron chi connectivity index (χ0n) is 12.8. The summed E-state index contributed by atoms with van der Waals surface area (Å²) in [5, 5.41) is 12.7. The highest BCUT2D eigenvalue weighted by Crippen LogP contribution is 2.44. The average molecular weight is 294 g/mol. The maximum Gasteiger partial charge on any atom is 0.317 e. The number of nitrogens with zero attached hydrogens (tertiary/aromatic N) is 1. The van der Waals surface area contributed by atoms with Gasteiger partial charge in [-0.3, -0.25) is 4.79 Å². The molecule has 2 saturated carbocycles. The second kappa shape index (κ2) is 5.50. The van der Waals surface area contributed by atoms with Crippen LogP contribution in [0.2, 0.25) is 0 Å². The topological polar surface area (TPSA) is 69.6 Å². The van der Waals surface area contributed by atoms with Crippen molar-refractivity contribution < 1.29 is 14.7 Å². The summed E-state index contributed by atoms with van der Waals surface area (Å²) in [7, 11) is 0. The number of urea groups is 1. The van der Waals surface area contributed by atoms with E-state index in [0.29, 0.717) is 37.9 Å². The fourth-order valence-electron chi connectivity index (χ4n) is 4.68. The SMILES string of the molecule is CCCC1(C(=O)O)CCN(C(=O)NC2CC3CCC2C3)C1. The number of carbonyl (C=O) groups is 2. The van der Waals surface area contributed by atoms with Gasteiger partial charge in [-0.2, -0.15) is 0 Å². The number of carboxylic acids is 1. The van der Waals surface area contributed by atoms with Crippen molar-refractivity contribution in [3.63, 3.8) is 0 Å². The number of carbonyl (C=O) groups excluding carboxylic acids is 1. The first-order chi connectivity index (χ1) is 10.0. The molecule has 1 aliphatic heterocycles. The van der Waals surface area contributed by atoms with Gasteiger partial charge in [0, 0.05) is 19.1 Å². The van der Waals surface area contributed by atoms with Crippen LogP contribution < -0.4 is 5.32 Å². The van der Waals surface area contributed by atoms with Crippen molar-refractivity contribution in [2.45, 2.75) is 57.9 Å². The molecule has 118 valence electrons. The van der Waals surface area contributed by atoms with Gasteiger partial charge in [-0.1, -0.05) is 19.8 Å². The molecule has 4 atom stereocenters. The standard InChI is InChI=1S/C16H26N2O3/c1-2-5-16(14(19)20)6-7-18(10-16)15(21)17-13-9-11-3-4-12(13)8-11/h11-13H,2-10H2,1H3,(H,17,21)(H,19,20). The fraction of sp³-hybridized carbons (Fsp3) is 0.875. The minimum Gasteiger partial charge on any atom is -0.481 e. The minimum atomic E-state index is -0.750. The molecule has 3 aliphatic rings. The summed E-state index contributed by atoms with van der Waals surface area (Å²) in [4.78, 5) is 25.7. The van der Waals surface area contributed by atoms with Crippen LogP contribution in [0.5, 0.6) is 0 Å². The molecule has 3 fully saturated rings. The van der Waals surface area contributed by atoms with E-state index < -0.39 is 11.4 Å². The van der Waals surface area contributed by atoms with Crippen LogP contribution in [-0.4, -0.2) is 41.1 Å². The Morgan fingerprint density at radius 2 is 2.14 bits per heavy atom. The second-order valence-corrected chi connectivity index (χ2v) is 7.24. The number of nitrogens with one attached hydrogen (secondary N) is 1. The Balaban J connectivity index is 1.58. The van der Waals surface area contributed by atoms with E-state index in [2.05, 4.69) is 5.32 Å². The predicted octanol–water partition coefficient (Wildman–Crippen LogP) is 2.46. The van der Waals surface area contributed by atoms with E-state index in [1.807, 2.05) is 6.92 Å². The molecule has 2 N–H and O–H groups in total. The number of amides is 2. The molecule has 0 aromatic rings. The van der Waals surface area contributed by atoms with Gasteiger partial charge in [-0.25, -0.2) is 4.79 Å². The number of hydrogen-bond donors (Lipinski definition) is 2. The summed E-state index contributed by atoms with van der Waals surface area (Å²) < 4.78 is 0. The summed E-state index contributed by atoms with van der Waals surface area (Å²) in [6, 6.07) is 0.272. The highest BCUT2D eigenvalue weighted by Gasteiger charge is 2.46. The van der Waals surface area contributed by atoms with E-state index in [9.17, 15) is 14.7 Å². The zero-order chi connectivity index (χ0) is 15.0. The molecule has 21 heavy (non-hydrogen) atoms. The molecule has 2 amide bonds. The van der Waals surface area contributed by atoms with Gasteiger partial charge >= 0.3 is 12.0 Å². The van der Waals surface area contributed by atoms with Gasteiger partial charge in [0.2, 0.25) is 0 Å². The minimum absolute atomic E-state index is 0.0493. The first-order valence-corrected chi connectivity index (χ1v) is 8.33. The van der Waals surface area contributed by atoms with Crippen molar-refractivity contribution in [1.82, 2.24) is 10.2 Å². The average Bonchev–Trinajstić information content (AvgIpc) is 3.13. The van der Waals surface area contributed by atoms with E-state index in [1.165, 1.54) is 19.3 Å². The van der Waals surface area contributed by atoms with Gasteiger partial charge in [-0.05, 0) is 43.9 Å². The predicted molar refractivity (Wildman–Crippen MR) is 78.9 cm³/mol. The third kappa shape index (κ3) is 2.62. The molecule has 3 rings (SSSR count). The van der Waals surface area contributed by atoms with Gasteiger partial charge in [0.25, 0.3) is 0 Å². The van der Waals surface area contributed by atoms with E-state index in [4.69, 9.17) is 0 Å². The molecule has 4 unspecified atom stereocenters. The van der Waals surface area contributed by atoms with Gasteiger partial charge in [-0.15, -0.1) is 0 Å². The summed E-state index contributed by atoms with van der Waals surface area (Å²) >= 11 is 0. The van der Waals surface area contributed by atoms with Crippen LogP contribution in [0.3, 0.4) is 0 Å². The Morgan fingerprint density at radius 3 is 2.71 bits per heavy atom. The lowest BCUT2D eigenvalue weighted by Crippen LogP contribution is -2.47. The fourth-order valence-corrected chi connectivity index (χ4v) is 4.68. The third-order valence-electron chi connectivity index (χ3n) is 5.87. The van der Waals surface area contributed by atoms with Crippen molar-refractivity contribution >= 4 is 12.0 Å². The van der Waals surface area contributed by atoms with Gasteiger partial charge in [0.1, 0.15) is 0 Å². The molecule has 2 bridgehead atoms.